The molecule has 2 aromatic carbocycles. The quantitative estimate of drug-likeness (QED) is 0.479. The minimum absolute atomic E-state index is 0.0756. The van der Waals surface area contributed by atoms with E-state index in [9.17, 15) is 13.6 Å². The molecule has 0 saturated carbocycles. The fourth-order valence-electron chi connectivity index (χ4n) is 4.16. The summed E-state index contributed by atoms with van der Waals surface area (Å²) >= 11 is 0. The first-order valence-electron chi connectivity index (χ1n) is 10.7. The molecule has 1 fully saturated rings. The number of fused-ring (bicyclic) bond motifs is 1. The number of ether oxygens (including phenoxy) is 1. The van der Waals surface area contributed by atoms with E-state index in [2.05, 4.69) is 20.1 Å². The molecule has 0 atom stereocenters. The van der Waals surface area contributed by atoms with Gasteiger partial charge < -0.3 is 15.0 Å². The number of aromatic nitrogens is 2. The average Bonchev–Trinajstić information content (AvgIpc) is 3.44. The second-order valence-electron chi connectivity index (χ2n) is 8.14. The molecule has 7 nitrogen and oxygen atoms in total. The number of benzene rings is 2. The van der Waals surface area contributed by atoms with Crippen LogP contribution in [0.2, 0.25) is 0 Å². The molecule has 2 aliphatic rings. The summed E-state index contributed by atoms with van der Waals surface area (Å²) in [5.41, 5.74) is 2.63. The Balaban J connectivity index is 1.41. The maximum atomic E-state index is 15.0. The van der Waals surface area contributed by atoms with Gasteiger partial charge in [-0.3, -0.25) is 4.79 Å². The number of allylic oxidation sites excluding steroid dienone is 1. The van der Waals surface area contributed by atoms with E-state index in [0.717, 1.165) is 23.7 Å². The summed E-state index contributed by atoms with van der Waals surface area (Å²) in [5.74, 6) is -1.57. The van der Waals surface area contributed by atoms with Crippen molar-refractivity contribution in [3.8, 4) is 11.6 Å². The Labute approximate surface area is 194 Å². The number of amides is 1. The maximum Gasteiger partial charge on any atom is 0.288 e. The highest BCUT2D eigenvalue weighted by molar-refractivity contribution is 5.95. The second-order valence-corrected chi connectivity index (χ2v) is 8.14. The van der Waals surface area contributed by atoms with E-state index in [0.29, 0.717) is 25.1 Å². The number of carbonyl (C=O) groups is 1. The molecule has 34 heavy (non-hydrogen) atoms. The molecule has 3 aromatic rings. The Kier molecular flexibility index (Phi) is 5.42. The van der Waals surface area contributed by atoms with Gasteiger partial charge in [-0.15, -0.1) is 0 Å². The Morgan fingerprint density at radius 3 is 2.71 bits per heavy atom. The number of carbonyl (C=O) groups excluding carboxylic acids is 1. The predicted octanol–water partition coefficient (Wildman–Crippen LogP) is 5.93. The zero-order chi connectivity index (χ0) is 23.8. The average molecular weight is 459 g/mol. The van der Waals surface area contributed by atoms with Crippen LogP contribution in [0.4, 0.5) is 31.7 Å². The summed E-state index contributed by atoms with van der Waals surface area (Å²) in [6.07, 6.45) is 4.49. The van der Waals surface area contributed by atoms with Crippen molar-refractivity contribution in [1.29, 1.82) is 0 Å². The third-order valence-electron chi connectivity index (χ3n) is 5.79. The number of hydrogen-bond acceptors (Lipinski definition) is 5. The highest BCUT2D eigenvalue weighted by Gasteiger charge is 2.25. The third-order valence-corrected chi connectivity index (χ3v) is 5.79. The number of nitrogens with one attached hydrogen (secondary N) is 1. The van der Waals surface area contributed by atoms with Crippen LogP contribution in [0.15, 0.2) is 42.2 Å². The molecule has 0 spiro atoms. The van der Waals surface area contributed by atoms with E-state index in [1.165, 1.54) is 6.33 Å². The van der Waals surface area contributed by atoms with Gasteiger partial charge in [0.05, 0.1) is 6.57 Å². The van der Waals surface area contributed by atoms with Crippen LogP contribution in [-0.4, -0.2) is 22.4 Å². The van der Waals surface area contributed by atoms with Crippen molar-refractivity contribution in [2.75, 3.05) is 16.8 Å². The first kappa shape index (κ1) is 21.5. The topological polar surface area (TPSA) is 71.7 Å². The Hall–Kier alpha value is -4.32. The lowest BCUT2D eigenvalue weighted by Crippen LogP contribution is -2.23. The lowest BCUT2D eigenvalue weighted by Gasteiger charge is -2.16. The number of nitrogens with zero attached hydrogens (tertiary/aromatic N) is 4. The molecule has 0 bridgehead atoms. The van der Waals surface area contributed by atoms with Gasteiger partial charge in [0.1, 0.15) is 18.0 Å². The highest BCUT2D eigenvalue weighted by Crippen LogP contribution is 2.40. The van der Waals surface area contributed by atoms with Crippen molar-refractivity contribution in [1.82, 2.24) is 9.97 Å². The first-order chi connectivity index (χ1) is 16.4. The molecule has 0 unspecified atom stereocenters. The molecule has 170 valence electrons. The van der Waals surface area contributed by atoms with Crippen LogP contribution in [0.5, 0.6) is 11.6 Å². The van der Waals surface area contributed by atoms with Gasteiger partial charge in [-0.05, 0) is 44.0 Å². The Bertz CT molecular complexity index is 1380. The van der Waals surface area contributed by atoms with Crippen LogP contribution in [0.25, 0.3) is 10.9 Å². The summed E-state index contributed by atoms with van der Waals surface area (Å²) in [7, 11) is 0. The predicted molar refractivity (Wildman–Crippen MR) is 123 cm³/mol. The van der Waals surface area contributed by atoms with E-state index in [1.54, 1.807) is 42.2 Å². The smallest absolute Gasteiger partial charge is 0.288 e. The van der Waals surface area contributed by atoms with E-state index >= 15 is 0 Å². The molecule has 1 aliphatic carbocycles. The van der Waals surface area contributed by atoms with Gasteiger partial charge in [-0.25, -0.2) is 23.6 Å². The Morgan fingerprint density at radius 1 is 1.21 bits per heavy atom. The maximum absolute atomic E-state index is 15.0. The molecule has 5 rings (SSSR count). The van der Waals surface area contributed by atoms with Gasteiger partial charge in [-0.2, -0.15) is 0 Å². The standard InChI is InChI=1S/C25H19F2N5O2/c1-14-10-17-18(11-14)22(27)20(12-19(17)26)34-25-23(28-2)24(29-13-30-25)31-15-5-7-16(8-6-15)32-9-3-4-21(32)33/h5-8,11-13H,3-4,9-10H2,1H3,(H,29,30,31). The minimum atomic E-state index is -0.704. The molecule has 0 radical (unpaired) electrons. The van der Waals surface area contributed by atoms with Crippen LogP contribution in [-0.2, 0) is 11.2 Å². The normalized spacial score (nSPS) is 14.6. The molecule has 9 heteroatoms. The van der Waals surface area contributed by atoms with E-state index in [1.807, 2.05) is 0 Å². The second kappa shape index (κ2) is 8.56. The van der Waals surface area contributed by atoms with Crippen molar-refractivity contribution in [3.63, 3.8) is 0 Å². The van der Waals surface area contributed by atoms with Gasteiger partial charge >= 0.3 is 0 Å². The summed E-state index contributed by atoms with van der Waals surface area (Å²) in [5, 5.41) is 3.03. The zero-order valence-electron chi connectivity index (χ0n) is 18.2. The van der Waals surface area contributed by atoms with Crippen LogP contribution in [0, 0.1) is 18.2 Å². The molecule has 1 N–H and O–H groups in total. The van der Waals surface area contributed by atoms with Crippen LogP contribution in [0.3, 0.4) is 0 Å². The monoisotopic (exact) mass is 459 g/mol. The minimum Gasteiger partial charge on any atom is -0.446 e. The molecule has 1 aliphatic heterocycles. The number of halogens is 2. The molecular formula is C25H19F2N5O2. The van der Waals surface area contributed by atoms with Crippen molar-refractivity contribution in [3.05, 3.63) is 76.4 Å². The molecule has 1 saturated heterocycles. The van der Waals surface area contributed by atoms with Gasteiger partial charge in [0.2, 0.25) is 11.8 Å². The van der Waals surface area contributed by atoms with Gasteiger partial charge in [0, 0.05) is 41.5 Å². The van der Waals surface area contributed by atoms with Gasteiger partial charge in [0.15, 0.2) is 11.6 Å². The van der Waals surface area contributed by atoms with Crippen LogP contribution in [0.1, 0.15) is 30.9 Å². The lowest BCUT2D eigenvalue weighted by molar-refractivity contribution is -0.117. The van der Waals surface area contributed by atoms with Gasteiger partial charge in [0.25, 0.3) is 5.69 Å². The van der Waals surface area contributed by atoms with Crippen molar-refractivity contribution < 1.29 is 18.3 Å². The van der Waals surface area contributed by atoms with Crippen molar-refractivity contribution >= 4 is 34.9 Å². The summed E-state index contributed by atoms with van der Waals surface area (Å²) in [6, 6.07) is 8.12. The number of rotatable bonds is 5. The molecule has 1 aromatic heterocycles. The third kappa shape index (κ3) is 3.83. The fourth-order valence-corrected chi connectivity index (χ4v) is 4.16. The number of hydrogen-bond donors (Lipinski definition) is 1. The van der Waals surface area contributed by atoms with E-state index in [-0.39, 0.29) is 40.2 Å². The highest BCUT2D eigenvalue weighted by atomic mass is 19.1. The largest absolute Gasteiger partial charge is 0.446 e. The fraction of sp³-hybridized carbons (Fsp3) is 0.200. The van der Waals surface area contributed by atoms with E-state index in [4.69, 9.17) is 11.3 Å². The summed E-state index contributed by atoms with van der Waals surface area (Å²) in [6.45, 7) is 10.1. The van der Waals surface area contributed by atoms with E-state index < -0.39 is 11.6 Å². The van der Waals surface area contributed by atoms with Crippen LogP contribution < -0.4 is 15.0 Å². The van der Waals surface area contributed by atoms with Gasteiger partial charge in [-0.1, -0.05) is 11.6 Å². The molecular weight excluding hydrogens is 440 g/mol. The first-order valence-corrected chi connectivity index (χ1v) is 10.7. The number of anilines is 3. The van der Waals surface area contributed by atoms with Crippen LogP contribution >= 0.6 is 0 Å². The summed E-state index contributed by atoms with van der Waals surface area (Å²) < 4.78 is 35.1. The zero-order valence-corrected chi connectivity index (χ0v) is 18.2. The molecule has 1 amide bonds. The molecule has 2 heterocycles. The lowest BCUT2D eigenvalue weighted by atomic mass is 10.1. The van der Waals surface area contributed by atoms with Crippen molar-refractivity contribution in [2.24, 2.45) is 0 Å². The summed E-state index contributed by atoms with van der Waals surface area (Å²) in [4.78, 5) is 25.2. The Morgan fingerprint density at radius 2 is 2.00 bits per heavy atom. The SMILES string of the molecule is [C-]#[N+]c1c(Nc2ccc(N3CCCC3=O)cc2)ncnc1Oc1cc(F)c2c(c1F)C=C(C)C2. The van der Waals surface area contributed by atoms with Crippen molar-refractivity contribution in [2.45, 2.75) is 26.2 Å².